The first kappa shape index (κ1) is 12.5. The van der Waals surface area contributed by atoms with Crippen LogP contribution in [0.5, 0.6) is 11.5 Å². The average Bonchev–Trinajstić information content (AvgIpc) is 2.60. The van der Waals surface area contributed by atoms with E-state index in [0.717, 1.165) is 0 Å². The minimum absolute atomic E-state index is 0.279. The summed E-state index contributed by atoms with van der Waals surface area (Å²) in [5.41, 5.74) is 0.579. The highest BCUT2D eigenvalue weighted by Crippen LogP contribution is 2.43. The molecule has 4 heteroatoms. The fraction of sp³-hybridized carbons (Fsp3) is 0.357. The van der Waals surface area contributed by atoms with Gasteiger partial charge >= 0.3 is 5.97 Å². The Balaban J connectivity index is 2.47. The number of fused-ring (bicyclic) bond motifs is 1. The summed E-state index contributed by atoms with van der Waals surface area (Å²) in [7, 11) is 0. The molecule has 1 aliphatic heterocycles. The van der Waals surface area contributed by atoms with Crippen LogP contribution >= 0.6 is 0 Å². The number of hydrogen-bond acceptors (Lipinski definition) is 3. The first-order chi connectivity index (χ1) is 8.44. The van der Waals surface area contributed by atoms with E-state index in [1.165, 1.54) is 0 Å². The molecule has 0 atom stereocenters. The number of carboxylic acid groups (broad SMARTS) is 1. The largest absolute Gasteiger partial charge is 0.486 e. The number of carboxylic acids is 1. The zero-order valence-corrected chi connectivity index (χ0v) is 10.5. The van der Waals surface area contributed by atoms with E-state index in [9.17, 15) is 9.90 Å². The number of aromatic carboxylic acids is 1. The van der Waals surface area contributed by atoms with E-state index in [-0.39, 0.29) is 5.56 Å². The number of hydrogen-bond donors (Lipinski definition) is 1. The third kappa shape index (κ3) is 2.18. The molecule has 0 amide bonds. The highest BCUT2D eigenvalue weighted by atomic mass is 16.5. The summed E-state index contributed by atoms with van der Waals surface area (Å²) >= 11 is 0. The molecule has 0 aliphatic carbocycles. The zero-order chi connectivity index (χ0) is 13.3. The Labute approximate surface area is 106 Å². The van der Waals surface area contributed by atoms with Gasteiger partial charge in [-0.1, -0.05) is 12.7 Å². The van der Waals surface area contributed by atoms with E-state index in [1.54, 1.807) is 18.2 Å². The maximum atomic E-state index is 11.2. The molecule has 1 N–H and O–H groups in total. The van der Waals surface area contributed by atoms with Gasteiger partial charge in [0.2, 0.25) is 0 Å². The molecule has 2 rings (SSSR count). The monoisotopic (exact) mass is 248 g/mol. The Kier molecular flexibility index (Phi) is 3.03. The first-order valence-electron chi connectivity index (χ1n) is 5.76. The Bertz CT molecular complexity index is 503. The van der Waals surface area contributed by atoms with Crippen molar-refractivity contribution < 1.29 is 19.4 Å². The fourth-order valence-electron chi connectivity index (χ4n) is 2.09. The summed E-state index contributed by atoms with van der Waals surface area (Å²) in [6.07, 6.45) is 2.20. The molecule has 0 bridgehead atoms. The summed E-state index contributed by atoms with van der Waals surface area (Å²) in [4.78, 5) is 11.2. The zero-order valence-electron chi connectivity index (χ0n) is 10.5. The summed E-state index contributed by atoms with van der Waals surface area (Å²) in [6, 6.07) is 3.19. The van der Waals surface area contributed by atoms with Gasteiger partial charge in [0.1, 0.15) is 12.2 Å². The van der Waals surface area contributed by atoms with Crippen molar-refractivity contribution in [3.05, 3.63) is 35.9 Å². The smallest absolute Gasteiger partial charge is 0.336 e. The van der Waals surface area contributed by atoms with E-state index >= 15 is 0 Å². The van der Waals surface area contributed by atoms with E-state index in [1.807, 2.05) is 13.8 Å². The topological polar surface area (TPSA) is 55.8 Å². The van der Waals surface area contributed by atoms with E-state index in [4.69, 9.17) is 9.47 Å². The maximum absolute atomic E-state index is 11.2. The molecular weight excluding hydrogens is 232 g/mol. The highest BCUT2D eigenvalue weighted by Gasteiger charge is 2.35. The lowest BCUT2D eigenvalue weighted by Crippen LogP contribution is -2.25. The van der Waals surface area contributed by atoms with Gasteiger partial charge in [0.25, 0.3) is 0 Å². The molecule has 1 aromatic rings. The second kappa shape index (κ2) is 4.37. The van der Waals surface area contributed by atoms with Crippen LogP contribution in [0.15, 0.2) is 24.8 Å². The summed E-state index contributed by atoms with van der Waals surface area (Å²) in [5.74, 6) is 0.171. The molecular formula is C14H16O4. The van der Waals surface area contributed by atoms with Gasteiger partial charge in [0.15, 0.2) is 11.5 Å². The molecule has 0 saturated heterocycles. The molecule has 0 aromatic heterocycles. The van der Waals surface area contributed by atoms with Gasteiger partial charge in [-0.15, -0.1) is 0 Å². The van der Waals surface area contributed by atoms with E-state index in [0.29, 0.717) is 30.1 Å². The van der Waals surface area contributed by atoms with Gasteiger partial charge in [0.05, 0.1) is 5.56 Å². The normalized spacial score (nSPS) is 15.7. The SMILES string of the molecule is C=CCOc1ccc(C(=O)O)c2c1OC(C)(C)C2. The standard InChI is InChI=1S/C14H16O4/c1-4-7-17-11-6-5-9(13(15)16)10-8-14(2,3)18-12(10)11/h4-6H,1,7-8H2,2-3H3,(H,15,16). The lowest BCUT2D eigenvalue weighted by molar-refractivity contribution is 0.0696. The summed E-state index contributed by atoms with van der Waals surface area (Å²) in [5, 5.41) is 9.17. The molecule has 1 aromatic carbocycles. The second-order valence-corrected chi connectivity index (χ2v) is 4.86. The van der Waals surface area contributed by atoms with Crippen LogP contribution < -0.4 is 9.47 Å². The van der Waals surface area contributed by atoms with Gasteiger partial charge in [-0.2, -0.15) is 0 Å². The van der Waals surface area contributed by atoms with Gasteiger partial charge in [-0.25, -0.2) is 4.79 Å². The Morgan fingerprint density at radius 1 is 1.61 bits per heavy atom. The van der Waals surface area contributed by atoms with Crippen molar-refractivity contribution in [3.63, 3.8) is 0 Å². The quantitative estimate of drug-likeness (QED) is 0.832. The second-order valence-electron chi connectivity index (χ2n) is 4.86. The van der Waals surface area contributed by atoms with Crippen molar-refractivity contribution in [2.24, 2.45) is 0 Å². The van der Waals surface area contributed by atoms with Crippen molar-refractivity contribution in [3.8, 4) is 11.5 Å². The summed E-state index contributed by atoms with van der Waals surface area (Å²) < 4.78 is 11.3. The summed E-state index contributed by atoms with van der Waals surface area (Å²) in [6.45, 7) is 7.80. The number of carbonyl (C=O) groups is 1. The van der Waals surface area contributed by atoms with Crippen LogP contribution in [0.3, 0.4) is 0 Å². The molecule has 1 heterocycles. The van der Waals surface area contributed by atoms with Crippen LogP contribution in [-0.4, -0.2) is 23.3 Å². The van der Waals surface area contributed by atoms with Crippen molar-refractivity contribution in [2.75, 3.05) is 6.61 Å². The van der Waals surface area contributed by atoms with Crippen LogP contribution in [0.25, 0.3) is 0 Å². The van der Waals surface area contributed by atoms with Crippen molar-refractivity contribution in [2.45, 2.75) is 25.9 Å². The number of ether oxygens (including phenoxy) is 2. The molecule has 18 heavy (non-hydrogen) atoms. The van der Waals surface area contributed by atoms with Crippen LogP contribution in [0.1, 0.15) is 29.8 Å². The molecule has 0 saturated carbocycles. The van der Waals surface area contributed by atoms with Gasteiger partial charge in [-0.3, -0.25) is 0 Å². The number of benzene rings is 1. The highest BCUT2D eigenvalue weighted by molar-refractivity contribution is 5.91. The van der Waals surface area contributed by atoms with E-state index in [2.05, 4.69) is 6.58 Å². The fourth-order valence-corrected chi connectivity index (χ4v) is 2.09. The lowest BCUT2D eigenvalue weighted by Gasteiger charge is -2.18. The molecule has 0 fully saturated rings. The first-order valence-corrected chi connectivity index (χ1v) is 5.76. The molecule has 1 aliphatic rings. The maximum Gasteiger partial charge on any atom is 0.336 e. The minimum atomic E-state index is -0.942. The van der Waals surface area contributed by atoms with Crippen LogP contribution in [0, 0.1) is 0 Å². The lowest BCUT2D eigenvalue weighted by atomic mass is 9.97. The van der Waals surface area contributed by atoms with Crippen molar-refractivity contribution in [1.29, 1.82) is 0 Å². The molecule has 0 radical (unpaired) electrons. The Morgan fingerprint density at radius 2 is 2.33 bits per heavy atom. The molecule has 4 nitrogen and oxygen atoms in total. The Hall–Kier alpha value is -1.97. The predicted octanol–water partition coefficient (Wildman–Crippen LogP) is 2.66. The van der Waals surface area contributed by atoms with Crippen LogP contribution in [0.2, 0.25) is 0 Å². The Morgan fingerprint density at radius 3 is 2.94 bits per heavy atom. The number of rotatable bonds is 4. The van der Waals surface area contributed by atoms with Crippen molar-refractivity contribution in [1.82, 2.24) is 0 Å². The minimum Gasteiger partial charge on any atom is -0.486 e. The average molecular weight is 248 g/mol. The van der Waals surface area contributed by atoms with Crippen LogP contribution in [-0.2, 0) is 6.42 Å². The van der Waals surface area contributed by atoms with Crippen LogP contribution in [0.4, 0.5) is 0 Å². The van der Waals surface area contributed by atoms with Gasteiger partial charge in [0, 0.05) is 12.0 Å². The molecule has 96 valence electrons. The van der Waals surface area contributed by atoms with Gasteiger partial charge < -0.3 is 14.6 Å². The molecule has 0 unspecified atom stereocenters. The van der Waals surface area contributed by atoms with Crippen molar-refractivity contribution >= 4 is 5.97 Å². The predicted molar refractivity (Wildman–Crippen MR) is 67.5 cm³/mol. The van der Waals surface area contributed by atoms with E-state index < -0.39 is 11.6 Å². The third-order valence-electron chi connectivity index (χ3n) is 2.79. The third-order valence-corrected chi connectivity index (χ3v) is 2.79. The van der Waals surface area contributed by atoms with Gasteiger partial charge in [-0.05, 0) is 26.0 Å². The molecule has 0 spiro atoms.